The average Bonchev–Trinajstić information content (AvgIpc) is 2.79. The summed E-state index contributed by atoms with van der Waals surface area (Å²) in [6.45, 7) is 3.54. The van der Waals surface area contributed by atoms with Crippen LogP contribution in [0.3, 0.4) is 0 Å². The minimum Gasteiger partial charge on any atom is -0.508 e. The number of carbonyl (C=O) groups excluding carboxylic acids is 1. The van der Waals surface area contributed by atoms with Crippen LogP contribution < -0.4 is 0 Å². The molecule has 1 N–H and O–H groups in total. The lowest BCUT2D eigenvalue weighted by molar-refractivity contribution is 0.0791. The Balaban J connectivity index is 2.33. The molecule has 0 radical (unpaired) electrons. The van der Waals surface area contributed by atoms with Crippen molar-refractivity contribution in [1.29, 1.82) is 0 Å². The first-order chi connectivity index (χ1) is 7.61. The van der Waals surface area contributed by atoms with Gasteiger partial charge < -0.3 is 10.0 Å². The monoisotopic (exact) mass is 331 g/mol. The number of rotatable bonds is 1. The first kappa shape index (κ1) is 11.7. The van der Waals surface area contributed by atoms with Gasteiger partial charge in [-0.3, -0.25) is 4.79 Å². The van der Waals surface area contributed by atoms with Crippen molar-refractivity contribution < 1.29 is 9.90 Å². The van der Waals surface area contributed by atoms with Gasteiger partial charge in [-0.1, -0.05) is 0 Å². The smallest absolute Gasteiger partial charge is 0.254 e. The SMILES string of the molecule is Cc1c(O)ccc(C(=O)N2CCCC2)c1I. The Kier molecular flexibility index (Phi) is 3.37. The first-order valence-corrected chi connectivity index (χ1v) is 6.46. The van der Waals surface area contributed by atoms with Gasteiger partial charge in [0.1, 0.15) is 5.75 Å². The molecule has 1 aromatic carbocycles. The maximum Gasteiger partial charge on any atom is 0.254 e. The fourth-order valence-corrected chi connectivity index (χ4v) is 2.62. The van der Waals surface area contributed by atoms with E-state index in [2.05, 4.69) is 22.6 Å². The van der Waals surface area contributed by atoms with Gasteiger partial charge in [-0.05, 0) is 54.5 Å². The van der Waals surface area contributed by atoms with Crippen LogP contribution in [0.4, 0.5) is 0 Å². The van der Waals surface area contributed by atoms with E-state index in [1.807, 2.05) is 11.8 Å². The molecule has 1 aliphatic heterocycles. The fraction of sp³-hybridized carbons (Fsp3) is 0.417. The third-order valence-electron chi connectivity index (χ3n) is 2.98. The summed E-state index contributed by atoms with van der Waals surface area (Å²) in [7, 11) is 0. The average molecular weight is 331 g/mol. The summed E-state index contributed by atoms with van der Waals surface area (Å²) in [6.07, 6.45) is 2.19. The van der Waals surface area contributed by atoms with Crippen molar-refractivity contribution in [2.45, 2.75) is 19.8 Å². The molecule has 0 bridgehead atoms. The second-order valence-corrected chi connectivity index (χ2v) is 5.15. The van der Waals surface area contributed by atoms with Crippen LogP contribution in [0.1, 0.15) is 28.8 Å². The largest absolute Gasteiger partial charge is 0.508 e. The number of aromatic hydroxyl groups is 1. The van der Waals surface area contributed by atoms with Crippen molar-refractivity contribution in [3.8, 4) is 5.75 Å². The summed E-state index contributed by atoms with van der Waals surface area (Å²) in [5, 5.41) is 9.54. The maximum atomic E-state index is 12.2. The second kappa shape index (κ2) is 4.61. The van der Waals surface area contributed by atoms with Crippen LogP contribution in [0.25, 0.3) is 0 Å². The number of amides is 1. The lowest BCUT2D eigenvalue weighted by atomic mass is 10.1. The van der Waals surface area contributed by atoms with Crippen LogP contribution in [-0.4, -0.2) is 29.0 Å². The zero-order chi connectivity index (χ0) is 11.7. The van der Waals surface area contributed by atoms with Crippen LogP contribution >= 0.6 is 22.6 Å². The molecule has 4 heteroatoms. The van der Waals surface area contributed by atoms with Crippen LogP contribution in [-0.2, 0) is 0 Å². The van der Waals surface area contributed by atoms with E-state index in [9.17, 15) is 9.90 Å². The van der Waals surface area contributed by atoms with Crippen molar-refractivity contribution >= 4 is 28.5 Å². The number of nitrogens with zero attached hydrogens (tertiary/aromatic N) is 1. The third kappa shape index (κ3) is 2.03. The molecular weight excluding hydrogens is 317 g/mol. The number of carbonyl (C=O) groups is 1. The number of hydrogen-bond acceptors (Lipinski definition) is 2. The van der Waals surface area contributed by atoms with Crippen LogP contribution in [0.15, 0.2) is 12.1 Å². The Morgan fingerprint density at radius 2 is 2.00 bits per heavy atom. The molecule has 86 valence electrons. The Bertz CT molecular complexity index is 425. The number of phenols is 1. The molecule has 1 aromatic rings. The number of hydrogen-bond donors (Lipinski definition) is 1. The number of benzene rings is 1. The van der Waals surface area contributed by atoms with Crippen LogP contribution in [0.5, 0.6) is 5.75 Å². The molecule has 0 atom stereocenters. The highest BCUT2D eigenvalue weighted by Gasteiger charge is 2.22. The van der Waals surface area contributed by atoms with E-state index in [-0.39, 0.29) is 11.7 Å². The Hall–Kier alpha value is -0.780. The van der Waals surface area contributed by atoms with Crippen LogP contribution in [0.2, 0.25) is 0 Å². The van der Waals surface area contributed by atoms with E-state index in [0.29, 0.717) is 5.56 Å². The van der Waals surface area contributed by atoms with E-state index in [0.717, 1.165) is 35.1 Å². The summed E-state index contributed by atoms with van der Waals surface area (Å²) in [5.41, 5.74) is 1.49. The quantitative estimate of drug-likeness (QED) is 0.804. The van der Waals surface area contributed by atoms with Gasteiger partial charge in [0.05, 0.1) is 5.56 Å². The molecule has 0 aromatic heterocycles. The Morgan fingerprint density at radius 1 is 1.38 bits per heavy atom. The zero-order valence-corrected chi connectivity index (χ0v) is 11.3. The lowest BCUT2D eigenvalue weighted by Crippen LogP contribution is -2.28. The number of phenolic OH excluding ortho intramolecular Hbond substituents is 1. The normalized spacial score (nSPS) is 15.5. The summed E-state index contributed by atoms with van der Waals surface area (Å²) >= 11 is 2.12. The Labute approximate surface area is 109 Å². The molecule has 0 spiro atoms. The number of halogens is 1. The van der Waals surface area contributed by atoms with E-state index in [1.54, 1.807) is 12.1 Å². The Morgan fingerprint density at radius 3 is 2.62 bits per heavy atom. The van der Waals surface area contributed by atoms with Crippen LogP contribution in [0, 0.1) is 10.5 Å². The highest BCUT2D eigenvalue weighted by molar-refractivity contribution is 14.1. The van der Waals surface area contributed by atoms with Gasteiger partial charge in [0.25, 0.3) is 5.91 Å². The highest BCUT2D eigenvalue weighted by Crippen LogP contribution is 2.26. The summed E-state index contributed by atoms with van der Waals surface area (Å²) in [5.74, 6) is 0.340. The molecule has 0 aliphatic carbocycles. The topological polar surface area (TPSA) is 40.5 Å². The minimum atomic E-state index is 0.0880. The number of likely N-dealkylation sites (tertiary alicyclic amines) is 1. The zero-order valence-electron chi connectivity index (χ0n) is 9.16. The molecule has 1 amide bonds. The molecule has 0 unspecified atom stereocenters. The van der Waals surface area contributed by atoms with Gasteiger partial charge >= 0.3 is 0 Å². The highest BCUT2D eigenvalue weighted by atomic mass is 127. The second-order valence-electron chi connectivity index (χ2n) is 4.07. The third-order valence-corrected chi connectivity index (χ3v) is 4.37. The van der Waals surface area contributed by atoms with Crippen molar-refractivity contribution in [2.24, 2.45) is 0 Å². The summed E-state index contributed by atoms with van der Waals surface area (Å²) < 4.78 is 0.856. The molecule has 0 saturated carbocycles. The van der Waals surface area contributed by atoms with E-state index >= 15 is 0 Å². The van der Waals surface area contributed by atoms with Crippen molar-refractivity contribution in [1.82, 2.24) is 4.90 Å². The van der Waals surface area contributed by atoms with Gasteiger partial charge in [0.2, 0.25) is 0 Å². The molecule has 1 fully saturated rings. The molecule has 3 nitrogen and oxygen atoms in total. The van der Waals surface area contributed by atoms with Gasteiger partial charge in [-0.15, -0.1) is 0 Å². The van der Waals surface area contributed by atoms with Gasteiger partial charge in [0.15, 0.2) is 0 Å². The van der Waals surface area contributed by atoms with E-state index < -0.39 is 0 Å². The molecular formula is C12H14INO2. The molecule has 1 aliphatic rings. The summed E-state index contributed by atoms with van der Waals surface area (Å²) in [6, 6.07) is 3.31. The molecule has 16 heavy (non-hydrogen) atoms. The molecule has 1 heterocycles. The molecule has 1 saturated heterocycles. The lowest BCUT2D eigenvalue weighted by Gasteiger charge is -2.17. The van der Waals surface area contributed by atoms with E-state index in [1.165, 1.54) is 0 Å². The maximum absolute atomic E-state index is 12.2. The van der Waals surface area contributed by atoms with Crippen molar-refractivity contribution in [3.63, 3.8) is 0 Å². The molecule has 2 rings (SSSR count). The summed E-state index contributed by atoms with van der Waals surface area (Å²) in [4.78, 5) is 14.1. The van der Waals surface area contributed by atoms with Gasteiger partial charge in [0, 0.05) is 22.2 Å². The van der Waals surface area contributed by atoms with Crippen molar-refractivity contribution in [3.05, 3.63) is 26.8 Å². The fourth-order valence-electron chi connectivity index (χ4n) is 1.93. The van der Waals surface area contributed by atoms with Gasteiger partial charge in [-0.25, -0.2) is 0 Å². The minimum absolute atomic E-state index is 0.0880. The predicted molar refractivity (Wildman–Crippen MR) is 70.7 cm³/mol. The predicted octanol–water partition coefficient (Wildman–Crippen LogP) is 2.54. The van der Waals surface area contributed by atoms with E-state index in [4.69, 9.17) is 0 Å². The first-order valence-electron chi connectivity index (χ1n) is 5.38. The van der Waals surface area contributed by atoms with Gasteiger partial charge in [-0.2, -0.15) is 0 Å². The standard InChI is InChI=1S/C12H14INO2/c1-8-10(15)5-4-9(11(8)13)12(16)14-6-2-3-7-14/h4-5,15H,2-3,6-7H2,1H3. The van der Waals surface area contributed by atoms with Crippen molar-refractivity contribution in [2.75, 3.05) is 13.1 Å².